The lowest BCUT2D eigenvalue weighted by Gasteiger charge is -2.46. The summed E-state index contributed by atoms with van der Waals surface area (Å²) in [7, 11) is 0. The molecule has 0 bridgehead atoms. The molecule has 0 fully saturated rings. The van der Waals surface area contributed by atoms with Crippen molar-refractivity contribution in [1.82, 2.24) is 0 Å². The van der Waals surface area contributed by atoms with Gasteiger partial charge < -0.3 is 44.2 Å². The largest absolute Gasteiger partial charge is 0.458 e. The maximum absolute atomic E-state index is 11.2. The van der Waals surface area contributed by atoms with Gasteiger partial charge in [0.25, 0.3) is 13.4 Å². The summed E-state index contributed by atoms with van der Waals surface area (Å²) < 4.78 is 15.6. The van der Waals surface area contributed by atoms with Gasteiger partial charge in [-0.3, -0.25) is 0 Å². The molecule has 0 aliphatic carbocycles. The van der Waals surface area contributed by atoms with E-state index < -0.39 is 13.4 Å². The molecular formula is C101H68B3N9O2. The molecule has 0 aromatic heterocycles. The Morgan fingerprint density at radius 2 is 0.713 bits per heavy atom. The van der Waals surface area contributed by atoms with Crippen molar-refractivity contribution in [2.75, 3.05) is 34.7 Å². The maximum Gasteiger partial charge on any atom is 0.260 e. The van der Waals surface area contributed by atoms with E-state index in [0.717, 1.165) is 174 Å². The van der Waals surface area contributed by atoms with Gasteiger partial charge in [-0.05, 0) is 216 Å². The molecule has 6 heterocycles. The van der Waals surface area contributed by atoms with E-state index in [4.69, 9.17) is 16.0 Å². The van der Waals surface area contributed by atoms with E-state index >= 15 is 0 Å². The SMILES string of the molecule is [C-]#[N+]c1ccc2c(c1)B1c3cc4c(cc3Nc3cc(N(c5ccccc5)c5ccccc5)cc(c31)N2c1ccccc1)Oc1cc(N(c2ccccc2)c2ccccc2)cc2c1B4c1cc3c(cc1O2)N(c1c(C)cc(C)cc1C)c1cc(N(c2ccccc2)c2ccccc2)cc2c1B3c1cc(C#N)ccc1N2c1ccccc1. The minimum absolute atomic E-state index is 0.370. The van der Waals surface area contributed by atoms with Crippen molar-refractivity contribution in [1.29, 1.82) is 5.26 Å². The van der Waals surface area contributed by atoms with Gasteiger partial charge in [0.1, 0.15) is 23.0 Å². The fourth-order valence-electron chi connectivity index (χ4n) is 19.1. The van der Waals surface area contributed by atoms with E-state index in [2.05, 4.69) is 406 Å². The first kappa shape index (κ1) is 66.8. The number of nitrogens with one attached hydrogen (secondary N) is 1. The van der Waals surface area contributed by atoms with Gasteiger partial charge in [-0.25, -0.2) is 4.85 Å². The molecule has 6 aliphatic rings. The van der Waals surface area contributed by atoms with E-state index in [1.807, 2.05) is 12.1 Å². The van der Waals surface area contributed by atoms with Crippen LogP contribution in [0.4, 0.5) is 119 Å². The average molecular weight is 1470 g/mol. The molecule has 0 amide bonds. The zero-order valence-electron chi connectivity index (χ0n) is 63.1. The van der Waals surface area contributed by atoms with Crippen molar-refractivity contribution >= 4 is 189 Å². The van der Waals surface area contributed by atoms with Crippen molar-refractivity contribution in [2.45, 2.75) is 20.8 Å². The highest BCUT2D eigenvalue weighted by molar-refractivity contribution is 7.04. The van der Waals surface area contributed by atoms with E-state index in [1.165, 1.54) is 5.56 Å². The standard InChI is InChI=1S/C101H68B3N9O2/c1-64-49-65(2)101(66(3)50-64)113-90-62-95-85(60-83(90)103-81-51-67(63-105)45-47-88(81)112(76-43-27-12-28-44-76)92-55-78(56-93(113)99(92)103)109(71-33-17-7-18-34-71)72-35-19-8-20-36-72)104-84-59-80-86(61-94(84)114-96-57-79(58-97(115-95)100(96)104)110(73-37-21-9-22-38-73)74-39-23-10-24-40-74)107-87-53-77(108(69-29-13-5-14-30-69)70-31-15-6-16-32-70)54-91-98(87)102(80)82-52-68(106-4)46-48-89(82)111(91)75-41-25-11-26-42-75/h5-62,107H,1-3H3. The van der Waals surface area contributed by atoms with Crippen LogP contribution >= 0.6 is 0 Å². The molecular weight excluding hydrogens is 1400 g/mol. The molecule has 16 aromatic carbocycles. The van der Waals surface area contributed by atoms with E-state index in [9.17, 15) is 5.26 Å². The molecule has 22 rings (SSSR count). The number of benzene rings is 16. The number of hydrogen-bond donors (Lipinski definition) is 1. The highest BCUT2D eigenvalue weighted by Crippen LogP contribution is 2.53. The van der Waals surface area contributed by atoms with Gasteiger partial charge in [0.15, 0.2) is 5.69 Å². The average Bonchev–Trinajstić information content (AvgIpc) is 0.689. The van der Waals surface area contributed by atoms with Crippen molar-refractivity contribution in [2.24, 2.45) is 0 Å². The summed E-state index contributed by atoms with van der Waals surface area (Å²) in [5.41, 5.74) is 33.4. The summed E-state index contributed by atoms with van der Waals surface area (Å²) in [6.45, 7) is 14.0. The highest BCUT2D eigenvalue weighted by atomic mass is 16.5. The predicted molar refractivity (Wildman–Crippen MR) is 476 cm³/mol. The number of anilines is 20. The van der Waals surface area contributed by atoms with Crippen LogP contribution in [-0.2, 0) is 0 Å². The smallest absolute Gasteiger partial charge is 0.260 e. The van der Waals surface area contributed by atoms with Gasteiger partial charge in [-0.15, -0.1) is 0 Å². The molecule has 11 nitrogen and oxygen atoms in total. The third kappa shape index (κ3) is 10.7. The fourth-order valence-corrected chi connectivity index (χ4v) is 19.1. The molecule has 115 heavy (non-hydrogen) atoms. The molecule has 0 saturated heterocycles. The summed E-state index contributed by atoms with van der Waals surface area (Å²) in [5.74, 6) is 2.74. The van der Waals surface area contributed by atoms with Crippen LogP contribution in [0.2, 0.25) is 0 Å². The molecule has 538 valence electrons. The van der Waals surface area contributed by atoms with E-state index in [-0.39, 0.29) is 6.71 Å². The topological polar surface area (TPSA) is 78.1 Å². The number of aryl methyl sites for hydroxylation is 3. The number of hydrogen-bond acceptors (Lipinski definition) is 10. The number of para-hydroxylation sites is 8. The molecule has 0 atom stereocenters. The third-order valence-corrected chi connectivity index (χ3v) is 23.6. The lowest BCUT2D eigenvalue weighted by molar-refractivity contribution is 0.465. The van der Waals surface area contributed by atoms with E-state index in [1.54, 1.807) is 0 Å². The van der Waals surface area contributed by atoms with Gasteiger partial charge in [-0.2, -0.15) is 5.26 Å². The van der Waals surface area contributed by atoms with Crippen LogP contribution in [-0.4, -0.2) is 20.1 Å². The number of ether oxygens (including phenoxy) is 2. The second-order valence-electron chi connectivity index (χ2n) is 30.4. The first-order chi connectivity index (χ1) is 56.7. The Kier molecular flexibility index (Phi) is 15.4. The Morgan fingerprint density at radius 1 is 0.322 bits per heavy atom. The van der Waals surface area contributed by atoms with E-state index in [0.29, 0.717) is 34.2 Å². The van der Waals surface area contributed by atoms with Gasteiger partial charge in [0, 0.05) is 121 Å². The summed E-state index contributed by atoms with van der Waals surface area (Å²) in [6, 6.07) is 128. The molecule has 14 heteroatoms. The predicted octanol–water partition coefficient (Wildman–Crippen LogP) is 20.6. The Bertz CT molecular complexity index is 6610. The fraction of sp³-hybridized carbons (Fsp3) is 0.0297. The molecule has 6 aliphatic heterocycles. The Labute approximate surface area is 669 Å². The Morgan fingerprint density at radius 3 is 1.19 bits per heavy atom. The zero-order valence-corrected chi connectivity index (χ0v) is 63.1. The van der Waals surface area contributed by atoms with Crippen LogP contribution in [0.15, 0.2) is 352 Å². The number of nitrogens with zero attached hydrogens (tertiary/aromatic N) is 8. The second kappa shape index (κ2) is 26.6. The van der Waals surface area contributed by atoms with Crippen LogP contribution in [0.3, 0.4) is 0 Å². The molecule has 16 aromatic rings. The van der Waals surface area contributed by atoms with Crippen LogP contribution in [0.1, 0.15) is 22.3 Å². The Balaban J connectivity index is 0.823. The first-order valence-electron chi connectivity index (χ1n) is 39.1. The monoisotopic (exact) mass is 1470 g/mol. The maximum atomic E-state index is 11.2. The second-order valence-corrected chi connectivity index (χ2v) is 30.4. The van der Waals surface area contributed by atoms with Crippen LogP contribution in [0.25, 0.3) is 4.85 Å². The summed E-state index contributed by atoms with van der Waals surface area (Å²) >= 11 is 0. The summed E-state index contributed by atoms with van der Waals surface area (Å²) in [6.07, 6.45) is 0. The van der Waals surface area contributed by atoms with Crippen LogP contribution in [0, 0.1) is 38.7 Å². The van der Waals surface area contributed by atoms with Crippen molar-refractivity contribution in [3.05, 3.63) is 386 Å². The van der Waals surface area contributed by atoms with Gasteiger partial charge in [0.2, 0.25) is 6.71 Å². The molecule has 0 radical (unpaired) electrons. The normalized spacial score (nSPS) is 12.9. The third-order valence-electron chi connectivity index (χ3n) is 23.6. The highest BCUT2D eigenvalue weighted by Gasteiger charge is 2.50. The quantitative estimate of drug-likeness (QED) is 0.0944. The number of rotatable bonds is 12. The van der Waals surface area contributed by atoms with Crippen molar-refractivity contribution < 1.29 is 9.47 Å². The van der Waals surface area contributed by atoms with Gasteiger partial charge >= 0.3 is 0 Å². The van der Waals surface area contributed by atoms with Crippen LogP contribution < -0.4 is 93.4 Å². The van der Waals surface area contributed by atoms with Crippen molar-refractivity contribution in [3.8, 4) is 29.1 Å². The lowest BCUT2D eigenvalue weighted by atomic mass is 9.29. The Hall–Kier alpha value is -15.1. The van der Waals surface area contributed by atoms with Gasteiger partial charge in [0.05, 0.1) is 41.0 Å². The molecule has 0 unspecified atom stereocenters. The minimum atomic E-state index is -0.477. The minimum Gasteiger partial charge on any atom is -0.458 e. The molecule has 0 saturated carbocycles. The van der Waals surface area contributed by atoms with Crippen LogP contribution in [0.5, 0.6) is 23.0 Å². The summed E-state index contributed by atoms with van der Waals surface area (Å²) in [4.78, 5) is 18.5. The first-order valence-corrected chi connectivity index (χ1v) is 39.1. The number of nitriles is 1. The van der Waals surface area contributed by atoms with Crippen molar-refractivity contribution in [3.63, 3.8) is 0 Å². The molecule has 0 spiro atoms. The summed E-state index contributed by atoms with van der Waals surface area (Å²) in [5, 5.41) is 15.3. The lowest BCUT2D eigenvalue weighted by Crippen LogP contribution is -2.65. The zero-order chi connectivity index (χ0) is 76.7. The van der Waals surface area contributed by atoms with Gasteiger partial charge in [-0.1, -0.05) is 193 Å². The number of fused-ring (bicyclic) bond motifs is 12. The molecule has 1 N–H and O–H groups in total.